The Morgan fingerprint density at radius 3 is 1.99 bits per heavy atom. The highest BCUT2D eigenvalue weighted by Crippen LogP contribution is 2.40. The Balaban J connectivity index is 0.632. The quantitative estimate of drug-likeness (QED) is 0.00927. The van der Waals surface area contributed by atoms with Crippen molar-refractivity contribution in [3.8, 4) is 40.2 Å². The van der Waals surface area contributed by atoms with E-state index in [4.69, 9.17) is 62.9 Å². The number of thiazole rings is 1. The normalized spacial score (nSPS) is 14.7. The number of benzene rings is 9. The lowest BCUT2D eigenvalue weighted by atomic mass is 9.90. The minimum absolute atomic E-state index is 0.111. The molecule has 3 atom stereocenters. The van der Waals surface area contributed by atoms with Gasteiger partial charge in [-0.05, 0) is 237 Å². The van der Waals surface area contributed by atoms with Crippen molar-refractivity contribution in [2.45, 2.75) is 103 Å². The van der Waals surface area contributed by atoms with Crippen molar-refractivity contribution >= 4 is 84.5 Å². The average molecular weight is 1410 g/mol. The number of epoxide rings is 1. The molecule has 2 fully saturated rings. The highest BCUT2D eigenvalue weighted by Gasteiger charge is 2.43. The largest absolute Gasteiger partial charge is 0.493 e. The van der Waals surface area contributed by atoms with E-state index in [1.54, 1.807) is 78.0 Å². The first kappa shape index (κ1) is 72.4. The van der Waals surface area contributed by atoms with Gasteiger partial charge in [-0.25, -0.2) is 29.2 Å². The third kappa shape index (κ3) is 19.4. The van der Waals surface area contributed by atoms with Crippen molar-refractivity contribution in [1.29, 1.82) is 5.41 Å². The van der Waals surface area contributed by atoms with Gasteiger partial charge in [-0.1, -0.05) is 72.4 Å². The van der Waals surface area contributed by atoms with Crippen LogP contribution in [0.1, 0.15) is 140 Å². The summed E-state index contributed by atoms with van der Waals surface area (Å²) < 4.78 is 59.2. The molecule has 0 spiro atoms. The predicted molar refractivity (Wildman–Crippen MR) is 398 cm³/mol. The molecule has 2 heterocycles. The number of para-hydroxylation sites is 1. The van der Waals surface area contributed by atoms with Crippen LogP contribution in [0.2, 0.25) is 0 Å². The van der Waals surface area contributed by atoms with Crippen LogP contribution >= 0.6 is 11.3 Å². The number of ether oxygens (including phenoxy) is 10. The number of rotatable bonds is 36. The second-order valence-corrected chi connectivity index (χ2v) is 26.6. The topological polar surface area (TPSA) is 236 Å². The molecular formula is C83H84N4O15S. The number of hydrogen-bond acceptors (Lipinski definition) is 20. The van der Waals surface area contributed by atoms with Crippen molar-refractivity contribution in [3.05, 3.63) is 220 Å². The van der Waals surface area contributed by atoms with Gasteiger partial charge in [0.1, 0.15) is 28.7 Å². The molecule has 1 aliphatic carbocycles. The van der Waals surface area contributed by atoms with E-state index >= 15 is 0 Å². The van der Waals surface area contributed by atoms with E-state index in [-0.39, 0.29) is 47.3 Å². The Labute approximate surface area is 602 Å². The van der Waals surface area contributed by atoms with Crippen molar-refractivity contribution in [3.63, 3.8) is 0 Å². The molecule has 1 saturated carbocycles. The Morgan fingerprint density at radius 1 is 0.592 bits per heavy atom. The van der Waals surface area contributed by atoms with Crippen LogP contribution < -0.4 is 38.2 Å². The maximum absolute atomic E-state index is 14.1. The number of aliphatic hydroxyl groups is 1. The fraction of sp³-hybridized carbons (Fsp3) is 0.313. The summed E-state index contributed by atoms with van der Waals surface area (Å²) >= 11 is 1.44. The molecular weight excluding hydrogens is 1320 g/mol. The number of anilines is 1. The van der Waals surface area contributed by atoms with Crippen LogP contribution in [-0.2, 0) is 27.1 Å². The summed E-state index contributed by atoms with van der Waals surface area (Å²) in [6.07, 6.45) is 15.1. The number of esters is 4. The lowest BCUT2D eigenvalue weighted by molar-refractivity contribution is 0.0717. The minimum atomic E-state index is -0.694. The number of nitrogens with one attached hydrogen (secondary N) is 1. The second-order valence-electron chi connectivity index (χ2n) is 25.6. The number of carbonyl (C=O) groups is 4. The molecule has 9 aromatic carbocycles. The van der Waals surface area contributed by atoms with Gasteiger partial charge < -0.3 is 57.9 Å². The molecule has 10 aromatic rings. The van der Waals surface area contributed by atoms with Crippen LogP contribution in [0.4, 0.5) is 5.13 Å². The zero-order valence-corrected chi connectivity index (χ0v) is 58.9. The van der Waals surface area contributed by atoms with Crippen LogP contribution in [0.25, 0.3) is 31.8 Å². The van der Waals surface area contributed by atoms with E-state index in [1.807, 2.05) is 98.8 Å². The predicted octanol–water partition coefficient (Wildman–Crippen LogP) is 16.5. The molecule has 103 heavy (non-hydrogen) atoms. The first-order chi connectivity index (χ1) is 50.4. The number of unbranched alkanes of at least 4 members (excludes halogenated alkanes) is 4. The Morgan fingerprint density at radius 2 is 1.22 bits per heavy atom. The lowest BCUT2D eigenvalue weighted by Crippen LogP contribution is -2.20. The molecule has 2 aliphatic rings. The first-order valence-electron chi connectivity index (χ1n) is 35.2. The number of aliphatic hydroxyl groups excluding tert-OH is 1. The molecule has 19 nitrogen and oxygen atoms in total. The van der Waals surface area contributed by atoms with Gasteiger partial charge in [0, 0.05) is 50.2 Å². The molecule has 0 bridgehead atoms. The number of aryl methyl sites for hydroxylation is 3. The molecule has 12 rings (SSSR count). The third-order valence-corrected chi connectivity index (χ3v) is 19.3. The third-order valence-electron chi connectivity index (χ3n) is 18.2. The number of methoxy groups -OCH3 is 1. The first-order valence-corrected chi connectivity index (χ1v) is 36.1. The minimum Gasteiger partial charge on any atom is -0.493 e. The maximum Gasteiger partial charge on any atom is 0.343 e. The van der Waals surface area contributed by atoms with Crippen molar-refractivity contribution in [1.82, 2.24) is 4.98 Å². The van der Waals surface area contributed by atoms with Crippen LogP contribution in [0.15, 0.2) is 175 Å². The standard InChI is InChI=1S/C83H84N4O15S/c1-4-94-40-11-5-6-12-42-97-73-36-27-61-48-63(26-32-68(61)69(73)51-84)80(90)98-66-29-23-58(24-30-66)79(89)100-71-33-18-55(44-54(71)2)14-7-8-15-56-19-34-72(65(45-56)52-85-87(38-39-88)83-86-70-16-9-10-17-78(70)103-83)101-82(92)64-28-37-74(76(50-64)93-3)102-81(91)62-22-21-60-49-67(31-25-59(60)47-62)96-43-13-41-95-53-57-20-35-75-77(46-57)99-75/h9-10,16-19,21-34,36-37,44-45,47-52,57,75,77,84,88H,4-8,11-15,20,35,38-43,46,53H2,1-3H3/b84-51?,85-52+. The Hall–Kier alpha value is -10.4. The Kier molecular flexibility index (Phi) is 25.0. The summed E-state index contributed by atoms with van der Waals surface area (Å²) in [5.74, 6) is 0.654. The van der Waals surface area contributed by atoms with Gasteiger partial charge in [-0.15, -0.1) is 0 Å². The molecule has 2 N–H and O–H groups in total. The maximum atomic E-state index is 14.1. The van der Waals surface area contributed by atoms with E-state index < -0.39 is 23.9 Å². The summed E-state index contributed by atoms with van der Waals surface area (Å²) in [4.78, 5) is 59.2. The van der Waals surface area contributed by atoms with Crippen LogP contribution in [0.5, 0.6) is 40.2 Å². The van der Waals surface area contributed by atoms with Crippen molar-refractivity contribution in [2.24, 2.45) is 11.0 Å². The molecule has 0 radical (unpaired) electrons. The Bertz CT molecular complexity index is 4640. The lowest BCUT2D eigenvalue weighted by Gasteiger charge is -2.18. The van der Waals surface area contributed by atoms with Crippen LogP contribution in [0, 0.1) is 18.3 Å². The molecule has 1 aliphatic heterocycles. The second kappa shape index (κ2) is 35.5. The molecule has 0 amide bonds. The van der Waals surface area contributed by atoms with Crippen LogP contribution in [0.3, 0.4) is 0 Å². The summed E-state index contributed by atoms with van der Waals surface area (Å²) in [7, 11) is 1.42. The number of carbonyl (C=O) groups excluding carboxylic acids is 4. The molecule has 20 heteroatoms. The van der Waals surface area contributed by atoms with Crippen molar-refractivity contribution in [2.75, 3.05) is 64.9 Å². The number of aromatic nitrogens is 1. The van der Waals surface area contributed by atoms with E-state index in [2.05, 4.69) is 0 Å². The SMILES string of the molecule is CCOCCCCCCOc1ccc2cc(C(=O)Oc3ccc(C(=O)Oc4ccc(CCCCc5ccc(OC(=O)c6ccc(OC(=O)c7ccc8cc(OCCCOCC9CCC%10OC%10C9)ccc8c7)c(OC)c6)c(/C=N/N(CCO)c6nc7ccccc7s6)c5)cc4C)cc3)ccc2c1C=N. The molecule has 3 unspecified atom stereocenters. The van der Waals surface area contributed by atoms with E-state index in [0.717, 1.165) is 138 Å². The molecule has 532 valence electrons. The molecule has 1 aromatic heterocycles. The zero-order valence-electron chi connectivity index (χ0n) is 58.1. The van der Waals surface area contributed by atoms with Gasteiger partial charge >= 0.3 is 23.9 Å². The fourth-order valence-corrected chi connectivity index (χ4v) is 13.5. The number of fused-ring (bicyclic) bond motifs is 4. The van der Waals surface area contributed by atoms with Gasteiger partial charge in [0.25, 0.3) is 0 Å². The smallest absolute Gasteiger partial charge is 0.343 e. The summed E-state index contributed by atoms with van der Waals surface area (Å²) in [6, 6.07) is 49.6. The highest BCUT2D eigenvalue weighted by atomic mass is 32.1. The van der Waals surface area contributed by atoms with Gasteiger partial charge in [0.15, 0.2) is 11.5 Å². The van der Waals surface area contributed by atoms with E-state index in [9.17, 15) is 24.3 Å². The summed E-state index contributed by atoms with van der Waals surface area (Å²) in [5.41, 5.74) is 5.85. The molecule has 1 saturated heterocycles. The van der Waals surface area contributed by atoms with Crippen molar-refractivity contribution < 1.29 is 71.7 Å². The average Bonchev–Trinajstić information content (AvgIpc) is 0.904. The van der Waals surface area contributed by atoms with Crippen LogP contribution in [-0.4, -0.2) is 119 Å². The number of hydrazone groups is 1. The summed E-state index contributed by atoms with van der Waals surface area (Å²) in [5, 5.41) is 28.5. The van der Waals surface area contributed by atoms with Gasteiger partial charge in [-0.3, -0.25) is 0 Å². The monoisotopic (exact) mass is 1410 g/mol. The van der Waals surface area contributed by atoms with Gasteiger partial charge in [0.2, 0.25) is 5.13 Å². The fourth-order valence-electron chi connectivity index (χ4n) is 12.6. The van der Waals surface area contributed by atoms with E-state index in [0.29, 0.717) is 83.3 Å². The van der Waals surface area contributed by atoms with E-state index in [1.165, 1.54) is 49.3 Å². The highest BCUT2D eigenvalue weighted by molar-refractivity contribution is 7.22. The zero-order chi connectivity index (χ0) is 71.4. The van der Waals surface area contributed by atoms with Gasteiger partial charge in [-0.2, -0.15) is 5.10 Å². The number of nitrogens with zero attached hydrogens (tertiary/aromatic N) is 3. The summed E-state index contributed by atoms with van der Waals surface area (Å²) in [6.45, 7) is 7.82. The van der Waals surface area contributed by atoms with Gasteiger partial charge in [0.05, 0.1) is 84.4 Å². The number of hydrogen-bond donors (Lipinski definition) is 2.